The van der Waals surface area contributed by atoms with Crippen molar-refractivity contribution < 1.29 is 14.4 Å². The van der Waals surface area contributed by atoms with Crippen molar-refractivity contribution in [1.29, 1.82) is 0 Å². The van der Waals surface area contributed by atoms with Crippen LogP contribution in [0.5, 0.6) is 0 Å². The van der Waals surface area contributed by atoms with Gasteiger partial charge in [0.2, 0.25) is 5.54 Å². The summed E-state index contributed by atoms with van der Waals surface area (Å²) in [7, 11) is 0. The number of urea groups is 1. The van der Waals surface area contributed by atoms with Crippen molar-refractivity contribution in [3.8, 4) is 0 Å². The fourth-order valence-electron chi connectivity index (χ4n) is 3.34. The van der Waals surface area contributed by atoms with E-state index in [9.17, 15) is 14.4 Å². The van der Waals surface area contributed by atoms with Crippen LogP contribution in [0.3, 0.4) is 0 Å². The first kappa shape index (κ1) is 17.6. The van der Waals surface area contributed by atoms with Gasteiger partial charge in [0.25, 0.3) is 11.8 Å². The summed E-state index contributed by atoms with van der Waals surface area (Å²) in [6, 6.07) is 11.4. The highest BCUT2D eigenvalue weighted by Crippen LogP contribution is 2.41. The van der Waals surface area contributed by atoms with Gasteiger partial charge in [0.05, 0.1) is 15.7 Å². The summed E-state index contributed by atoms with van der Waals surface area (Å²) in [5.74, 6) is -1.16. The molecule has 2 aliphatic heterocycles. The lowest BCUT2D eigenvalue weighted by Crippen LogP contribution is -2.52. The van der Waals surface area contributed by atoms with Crippen LogP contribution in [0, 0.1) is 0 Å². The number of carbonyl (C=O) groups is 3. The molecule has 1 fully saturated rings. The molecule has 2 aromatic carbocycles. The normalized spacial score (nSPS) is 21.1. The molecule has 0 unspecified atom stereocenters. The summed E-state index contributed by atoms with van der Waals surface area (Å²) < 4.78 is 0. The SMILES string of the molecule is O=C1NC(=O)[C@]2(N1)C(=O)N(C/C=C/c1ccc(Cl)c(Cl)c1)c1ccccc12. The third-order valence-corrected chi connectivity index (χ3v) is 5.31. The molecule has 2 aliphatic rings. The van der Waals surface area contributed by atoms with Gasteiger partial charge < -0.3 is 10.2 Å². The monoisotopic (exact) mass is 401 g/mol. The summed E-state index contributed by atoms with van der Waals surface area (Å²) in [4.78, 5) is 38.6. The molecule has 136 valence electrons. The minimum atomic E-state index is -1.70. The number of rotatable bonds is 3. The van der Waals surface area contributed by atoms with Crippen molar-refractivity contribution in [2.75, 3.05) is 11.4 Å². The number of halogens is 2. The Labute approximate surface area is 164 Å². The number of nitrogens with one attached hydrogen (secondary N) is 2. The fraction of sp³-hybridized carbons (Fsp3) is 0.105. The summed E-state index contributed by atoms with van der Waals surface area (Å²) >= 11 is 11.9. The maximum Gasteiger partial charge on any atom is 0.323 e. The second kappa shape index (κ2) is 6.40. The van der Waals surface area contributed by atoms with Gasteiger partial charge in [-0.25, -0.2) is 4.79 Å². The van der Waals surface area contributed by atoms with Crippen LogP contribution in [0.15, 0.2) is 48.5 Å². The second-order valence-corrected chi connectivity index (χ2v) is 6.98. The topological polar surface area (TPSA) is 78.5 Å². The molecule has 2 N–H and O–H groups in total. The van der Waals surface area contributed by atoms with Crippen molar-refractivity contribution in [2.24, 2.45) is 0 Å². The summed E-state index contributed by atoms with van der Waals surface area (Å²) in [6.45, 7) is 0.223. The van der Waals surface area contributed by atoms with Crippen LogP contribution >= 0.6 is 23.2 Å². The van der Waals surface area contributed by atoms with Gasteiger partial charge in [-0.3, -0.25) is 14.9 Å². The maximum absolute atomic E-state index is 13.1. The number of benzene rings is 2. The first-order valence-electron chi connectivity index (χ1n) is 8.10. The van der Waals surface area contributed by atoms with Crippen LogP contribution in [-0.2, 0) is 15.1 Å². The predicted molar refractivity (Wildman–Crippen MR) is 103 cm³/mol. The third-order valence-electron chi connectivity index (χ3n) is 4.58. The van der Waals surface area contributed by atoms with Crippen LogP contribution in [0.4, 0.5) is 10.5 Å². The van der Waals surface area contributed by atoms with Crippen molar-refractivity contribution in [3.63, 3.8) is 0 Å². The number of para-hydroxylation sites is 1. The van der Waals surface area contributed by atoms with Crippen LogP contribution in [0.25, 0.3) is 6.08 Å². The van der Waals surface area contributed by atoms with Gasteiger partial charge in [0, 0.05) is 12.1 Å². The zero-order valence-corrected chi connectivity index (χ0v) is 15.3. The number of fused-ring (bicyclic) bond motifs is 2. The molecular weight excluding hydrogens is 389 g/mol. The number of hydrogen-bond donors (Lipinski definition) is 2. The van der Waals surface area contributed by atoms with E-state index in [1.54, 1.807) is 54.6 Å². The number of anilines is 1. The van der Waals surface area contributed by atoms with E-state index in [4.69, 9.17) is 23.2 Å². The van der Waals surface area contributed by atoms with Gasteiger partial charge in [-0.2, -0.15) is 0 Å². The molecule has 0 saturated carbocycles. The lowest BCUT2D eigenvalue weighted by atomic mass is 9.92. The molecule has 4 amide bonds. The molecule has 0 aliphatic carbocycles. The van der Waals surface area contributed by atoms with E-state index in [0.29, 0.717) is 21.3 Å². The Bertz CT molecular complexity index is 1020. The van der Waals surface area contributed by atoms with Crippen molar-refractivity contribution in [1.82, 2.24) is 10.6 Å². The van der Waals surface area contributed by atoms with Crippen molar-refractivity contribution in [2.45, 2.75) is 5.54 Å². The Morgan fingerprint density at radius 3 is 2.52 bits per heavy atom. The Morgan fingerprint density at radius 2 is 1.81 bits per heavy atom. The molecule has 1 spiro atoms. The van der Waals surface area contributed by atoms with Gasteiger partial charge in [0.1, 0.15) is 0 Å². The Hall–Kier alpha value is -2.83. The minimum absolute atomic E-state index is 0.223. The average Bonchev–Trinajstić information content (AvgIpc) is 3.07. The fourth-order valence-corrected chi connectivity index (χ4v) is 3.65. The van der Waals surface area contributed by atoms with E-state index in [2.05, 4.69) is 10.6 Å². The van der Waals surface area contributed by atoms with Gasteiger partial charge in [-0.1, -0.05) is 59.6 Å². The predicted octanol–water partition coefficient (Wildman–Crippen LogP) is 3.09. The smallest absolute Gasteiger partial charge is 0.312 e. The molecule has 6 nitrogen and oxygen atoms in total. The number of amides is 4. The lowest BCUT2D eigenvalue weighted by Gasteiger charge is -2.20. The van der Waals surface area contributed by atoms with Crippen molar-refractivity contribution in [3.05, 3.63) is 69.7 Å². The lowest BCUT2D eigenvalue weighted by molar-refractivity contribution is -0.133. The summed E-state index contributed by atoms with van der Waals surface area (Å²) in [5.41, 5.74) is 0.163. The average molecular weight is 402 g/mol. The van der Waals surface area contributed by atoms with Crippen LogP contribution in [0.1, 0.15) is 11.1 Å². The first-order valence-corrected chi connectivity index (χ1v) is 8.86. The number of hydrogen-bond acceptors (Lipinski definition) is 3. The zero-order valence-electron chi connectivity index (χ0n) is 13.8. The number of imide groups is 1. The molecule has 27 heavy (non-hydrogen) atoms. The molecule has 8 heteroatoms. The number of nitrogens with zero attached hydrogens (tertiary/aromatic N) is 1. The van der Waals surface area contributed by atoms with Gasteiger partial charge in [-0.15, -0.1) is 0 Å². The van der Waals surface area contributed by atoms with Gasteiger partial charge >= 0.3 is 6.03 Å². The van der Waals surface area contributed by atoms with Crippen LogP contribution < -0.4 is 15.5 Å². The molecular formula is C19H13Cl2N3O3. The van der Waals surface area contributed by atoms with E-state index < -0.39 is 23.4 Å². The molecule has 4 rings (SSSR count). The number of carbonyl (C=O) groups excluding carboxylic acids is 3. The molecule has 0 radical (unpaired) electrons. The molecule has 1 saturated heterocycles. The van der Waals surface area contributed by atoms with Crippen LogP contribution in [0.2, 0.25) is 10.0 Å². The Morgan fingerprint density at radius 1 is 1.04 bits per heavy atom. The van der Waals surface area contributed by atoms with Gasteiger partial charge in [0.15, 0.2) is 0 Å². The first-order chi connectivity index (χ1) is 12.9. The molecule has 0 bridgehead atoms. The van der Waals surface area contributed by atoms with E-state index >= 15 is 0 Å². The highest BCUT2D eigenvalue weighted by Gasteiger charge is 2.60. The standard InChI is InChI=1S/C19H13Cl2N3O3/c20-13-8-7-11(10-14(13)21)4-3-9-24-15-6-2-1-5-12(15)19(17(24)26)16(25)22-18(27)23-19/h1-8,10H,9H2,(H2,22,23,25,27)/b4-3+/t19-/m0/s1. The van der Waals surface area contributed by atoms with E-state index in [1.165, 1.54) is 4.90 Å². The van der Waals surface area contributed by atoms with Crippen LogP contribution in [-0.4, -0.2) is 24.4 Å². The Balaban J connectivity index is 1.65. The second-order valence-electron chi connectivity index (χ2n) is 6.17. The highest BCUT2D eigenvalue weighted by atomic mass is 35.5. The summed E-state index contributed by atoms with van der Waals surface area (Å²) in [6.07, 6.45) is 3.58. The van der Waals surface area contributed by atoms with Crippen molar-refractivity contribution >= 4 is 52.8 Å². The van der Waals surface area contributed by atoms with E-state index in [0.717, 1.165) is 5.56 Å². The molecule has 2 aromatic rings. The molecule has 1 atom stereocenters. The molecule has 0 aromatic heterocycles. The Kier molecular flexibility index (Phi) is 4.17. The highest BCUT2D eigenvalue weighted by molar-refractivity contribution is 6.42. The largest absolute Gasteiger partial charge is 0.323 e. The summed E-state index contributed by atoms with van der Waals surface area (Å²) in [5, 5.41) is 5.54. The minimum Gasteiger partial charge on any atom is -0.312 e. The van der Waals surface area contributed by atoms with E-state index in [1.807, 2.05) is 0 Å². The zero-order chi connectivity index (χ0) is 19.2. The van der Waals surface area contributed by atoms with Gasteiger partial charge in [-0.05, 0) is 23.8 Å². The third kappa shape index (κ3) is 2.69. The molecule has 2 heterocycles. The van der Waals surface area contributed by atoms with E-state index in [-0.39, 0.29) is 6.54 Å². The maximum atomic E-state index is 13.1. The quantitative estimate of drug-likeness (QED) is 0.612.